The summed E-state index contributed by atoms with van der Waals surface area (Å²) in [6.07, 6.45) is 5.12. The lowest BCUT2D eigenvalue weighted by atomic mass is 9.65. The minimum Gasteiger partial charge on any atom is -0.335 e. The molecular formula is C22H32N4OS. The molecule has 0 radical (unpaired) electrons. The highest BCUT2D eigenvalue weighted by molar-refractivity contribution is 7.12. The van der Waals surface area contributed by atoms with Gasteiger partial charge in [-0.05, 0) is 37.0 Å². The molecule has 2 aromatic heterocycles. The molecule has 1 saturated carbocycles. The fourth-order valence-electron chi connectivity index (χ4n) is 5.37. The highest BCUT2D eigenvalue weighted by Crippen LogP contribution is 2.52. The minimum atomic E-state index is 0.00371. The summed E-state index contributed by atoms with van der Waals surface area (Å²) in [6.45, 7) is 16.3. The number of thiazole rings is 1. The second-order valence-electron chi connectivity index (χ2n) is 11.0. The first kappa shape index (κ1) is 19.6. The summed E-state index contributed by atoms with van der Waals surface area (Å²) in [6, 6.07) is 0.344. The molecule has 0 N–H and O–H groups in total. The van der Waals surface area contributed by atoms with E-state index in [0.717, 1.165) is 35.9 Å². The lowest BCUT2D eigenvalue weighted by molar-refractivity contribution is 0.0707. The van der Waals surface area contributed by atoms with E-state index in [9.17, 15) is 4.79 Å². The zero-order valence-corrected chi connectivity index (χ0v) is 19.0. The van der Waals surface area contributed by atoms with Crippen LogP contribution in [0.2, 0.25) is 0 Å². The summed E-state index contributed by atoms with van der Waals surface area (Å²) in [5.41, 5.74) is 3.19. The molecule has 0 aromatic carbocycles. The van der Waals surface area contributed by atoms with Crippen molar-refractivity contribution in [1.29, 1.82) is 0 Å². The first-order valence-corrected chi connectivity index (χ1v) is 11.1. The van der Waals surface area contributed by atoms with Crippen LogP contribution in [0.1, 0.15) is 82.6 Å². The Bertz CT molecular complexity index is 919. The molecule has 2 unspecified atom stereocenters. The molecule has 1 saturated heterocycles. The summed E-state index contributed by atoms with van der Waals surface area (Å²) >= 11 is 1.58. The van der Waals surface area contributed by atoms with Crippen LogP contribution in [0.4, 0.5) is 0 Å². The number of likely N-dealkylation sites (tertiary alicyclic amines) is 1. The average molecular weight is 401 g/mol. The normalized spacial score (nSPS) is 26.7. The Balaban J connectivity index is 1.61. The van der Waals surface area contributed by atoms with Gasteiger partial charge < -0.3 is 4.90 Å². The van der Waals surface area contributed by atoms with Gasteiger partial charge in [-0.25, -0.2) is 9.67 Å². The second kappa shape index (κ2) is 6.15. The third-order valence-electron chi connectivity index (χ3n) is 6.36. The molecule has 1 aliphatic heterocycles. The highest BCUT2D eigenvalue weighted by atomic mass is 32.1. The predicted molar refractivity (Wildman–Crippen MR) is 113 cm³/mol. The average Bonchev–Trinajstić information content (AvgIpc) is 3.21. The SMILES string of the molecule is Cc1c(C(=O)N2CC3(C)CC2CC(C)(C)C3)cnn1-c1nc(C(C)(C)C)cs1. The monoisotopic (exact) mass is 400 g/mol. The Morgan fingerprint density at radius 3 is 2.61 bits per heavy atom. The molecule has 28 heavy (non-hydrogen) atoms. The molecule has 1 aliphatic carbocycles. The Kier molecular flexibility index (Phi) is 4.31. The number of aromatic nitrogens is 3. The molecule has 3 heterocycles. The summed E-state index contributed by atoms with van der Waals surface area (Å²) in [5.74, 6) is 0.128. The largest absolute Gasteiger partial charge is 0.335 e. The number of hydrogen-bond donors (Lipinski definition) is 0. The molecular weight excluding hydrogens is 368 g/mol. The third-order valence-corrected chi connectivity index (χ3v) is 7.17. The molecule has 2 atom stereocenters. The van der Waals surface area contributed by atoms with E-state index in [0.29, 0.717) is 17.0 Å². The van der Waals surface area contributed by atoms with Gasteiger partial charge in [-0.1, -0.05) is 41.5 Å². The van der Waals surface area contributed by atoms with E-state index in [2.05, 4.69) is 56.9 Å². The van der Waals surface area contributed by atoms with Crippen LogP contribution in [0.25, 0.3) is 5.13 Å². The molecule has 6 heteroatoms. The van der Waals surface area contributed by atoms with Crippen molar-refractivity contribution >= 4 is 17.2 Å². The molecule has 2 aliphatic rings. The second-order valence-corrected chi connectivity index (χ2v) is 11.8. The fourth-order valence-corrected chi connectivity index (χ4v) is 6.43. The molecule has 0 spiro atoms. The molecule has 5 nitrogen and oxygen atoms in total. The van der Waals surface area contributed by atoms with Crippen molar-refractivity contribution in [3.05, 3.63) is 28.5 Å². The van der Waals surface area contributed by atoms with Crippen molar-refractivity contribution in [2.75, 3.05) is 6.54 Å². The number of rotatable bonds is 2. The van der Waals surface area contributed by atoms with Crippen molar-refractivity contribution in [2.45, 2.75) is 79.2 Å². The van der Waals surface area contributed by atoms with Crippen LogP contribution in [0, 0.1) is 17.8 Å². The summed E-state index contributed by atoms with van der Waals surface area (Å²) in [4.78, 5) is 20.3. The third kappa shape index (κ3) is 3.30. The van der Waals surface area contributed by atoms with Crippen molar-refractivity contribution in [3.8, 4) is 5.13 Å². The van der Waals surface area contributed by atoms with Gasteiger partial charge in [0.15, 0.2) is 0 Å². The van der Waals surface area contributed by atoms with Gasteiger partial charge in [0, 0.05) is 23.4 Å². The van der Waals surface area contributed by atoms with Crippen LogP contribution in [-0.2, 0) is 5.41 Å². The Morgan fingerprint density at radius 1 is 1.25 bits per heavy atom. The maximum atomic E-state index is 13.4. The molecule has 2 fully saturated rings. The standard InChI is InChI=1S/C22H32N4OS/c1-14-16(10-23-26(14)19-24-17(11-28-19)20(2,3)4)18(27)25-13-22(7)9-15(25)8-21(5,6)12-22/h10-11,15H,8-9,12-13H2,1-7H3. The first-order valence-electron chi connectivity index (χ1n) is 10.2. The Labute approximate surface area is 172 Å². The summed E-state index contributed by atoms with van der Waals surface area (Å²) < 4.78 is 1.82. The number of carbonyl (C=O) groups excluding carboxylic acids is 1. The van der Waals surface area contributed by atoms with Gasteiger partial charge in [0.1, 0.15) is 0 Å². The Morgan fingerprint density at radius 2 is 1.96 bits per heavy atom. The quantitative estimate of drug-likeness (QED) is 0.715. The summed E-state index contributed by atoms with van der Waals surface area (Å²) in [7, 11) is 0. The zero-order valence-electron chi connectivity index (χ0n) is 18.2. The van der Waals surface area contributed by atoms with Gasteiger partial charge in [-0.15, -0.1) is 11.3 Å². The van der Waals surface area contributed by atoms with Gasteiger partial charge >= 0.3 is 0 Å². The molecule has 2 aromatic rings. The van der Waals surface area contributed by atoms with Gasteiger partial charge in [0.25, 0.3) is 5.91 Å². The zero-order chi connectivity index (χ0) is 20.5. The number of hydrogen-bond acceptors (Lipinski definition) is 4. The van der Waals surface area contributed by atoms with Gasteiger partial charge in [-0.3, -0.25) is 4.79 Å². The predicted octanol–water partition coefficient (Wildman–Crippen LogP) is 4.98. The minimum absolute atomic E-state index is 0.00371. The van der Waals surface area contributed by atoms with E-state index in [1.54, 1.807) is 17.5 Å². The van der Waals surface area contributed by atoms with Crippen LogP contribution in [0.15, 0.2) is 11.6 Å². The van der Waals surface area contributed by atoms with E-state index in [1.165, 1.54) is 6.42 Å². The number of fused-ring (bicyclic) bond motifs is 2. The fraction of sp³-hybridized carbons (Fsp3) is 0.682. The van der Waals surface area contributed by atoms with Crippen LogP contribution >= 0.6 is 11.3 Å². The molecule has 152 valence electrons. The number of amides is 1. The van der Waals surface area contributed by atoms with Crippen LogP contribution in [0.3, 0.4) is 0 Å². The topological polar surface area (TPSA) is 51.0 Å². The molecule has 2 bridgehead atoms. The van der Waals surface area contributed by atoms with Crippen LogP contribution < -0.4 is 0 Å². The first-order chi connectivity index (χ1) is 12.9. The van der Waals surface area contributed by atoms with Crippen molar-refractivity contribution in [3.63, 3.8) is 0 Å². The van der Waals surface area contributed by atoms with E-state index >= 15 is 0 Å². The maximum Gasteiger partial charge on any atom is 0.257 e. The van der Waals surface area contributed by atoms with E-state index in [4.69, 9.17) is 4.98 Å². The Hall–Kier alpha value is -1.69. The smallest absolute Gasteiger partial charge is 0.257 e. The lowest BCUT2D eigenvalue weighted by Gasteiger charge is -2.39. The number of carbonyl (C=O) groups is 1. The molecule has 4 rings (SSSR count). The van der Waals surface area contributed by atoms with Gasteiger partial charge in [0.05, 0.1) is 23.1 Å². The van der Waals surface area contributed by atoms with Gasteiger partial charge in [-0.2, -0.15) is 5.10 Å². The molecule has 1 amide bonds. The highest BCUT2D eigenvalue weighted by Gasteiger charge is 2.51. The maximum absolute atomic E-state index is 13.4. The lowest BCUT2D eigenvalue weighted by Crippen LogP contribution is -2.37. The van der Waals surface area contributed by atoms with Crippen molar-refractivity contribution in [2.24, 2.45) is 10.8 Å². The van der Waals surface area contributed by atoms with Crippen molar-refractivity contribution in [1.82, 2.24) is 19.7 Å². The number of nitrogens with zero attached hydrogens (tertiary/aromatic N) is 4. The van der Waals surface area contributed by atoms with E-state index in [1.807, 2.05) is 11.6 Å². The van der Waals surface area contributed by atoms with E-state index in [-0.39, 0.29) is 16.7 Å². The van der Waals surface area contributed by atoms with E-state index < -0.39 is 0 Å². The van der Waals surface area contributed by atoms with Crippen LogP contribution in [-0.4, -0.2) is 38.2 Å². The van der Waals surface area contributed by atoms with Gasteiger partial charge in [0.2, 0.25) is 5.13 Å². The summed E-state index contributed by atoms with van der Waals surface area (Å²) in [5, 5.41) is 7.44. The van der Waals surface area contributed by atoms with Crippen molar-refractivity contribution < 1.29 is 4.79 Å². The van der Waals surface area contributed by atoms with Crippen LogP contribution in [0.5, 0.6) is 0 Å².